The smallest absolute Gasteiger partial charge is 0.348 e. The highest BCUT2D eigenvalue weighted by Gasteiger charge is 2.19. The number of methoxy groups -OCH3 is 2. The number of carbonyl (C=O) groups is 1. The van der Waals surface area contributed by atoms with Gasteiger partial charge in [-0.05, 0) is 35.6 Å². The van der Waals surface area contributed by atoms with Crippen molar-refractivity contribution >= 4 is 17.3 Å². The van der Waals surface area contributed by atoms with E-state index in [2.05, 4.69) is 0 Å². The molecule has 1 heterocycles. The Morgan fingerprint density at radius 3 is 2.63 bits per heavy atom. The average molecular weight is 280 g/mol. The van der Waals surface area contributed by atoms with Crippen molar-refractivity contribution in [2.75, 3.05) is 14.2 Å². The van der Waals surface area contributed by atoms with Crippen molar-refractivity contribution in [1.29, 1.82) is 0 Å². The van der Waals surface area contributed by atoms with Gasteiger partial charge in [0.15, 0.2) is 11.6 Å². The minimum absolute atomic E-state index is 0.177. The molecule has 100 valence electrons. The Morgan fingerprint density at radius 2 is 2.05 bits per heavy atom. The van der Waals surface area contributed by atoms with Gasteiger partial charge in [-0.3, -0.25) is 0 Å². The number of halogens is 1. The molecule has 1 aromatic carbocycles. The van der Waals surface area contributed by atoms with Crippen molar-refractivity contribution in [1.82, 2.24) is 0 Å². The topological polar surface area (TPSA) is 35.5 Å². The number of hydrogen-bond donors (Lipinski definition) is 0. The number of esters is 1. The van der Waals surface area contributed by atoms with Crippen LogP contribution in [-0.2, 0) is 4.74 Å². The summed E-state index contributed by atoms with van der Waals surface area (Å²) in [6, 6.07) is 4.63. The van der Waals surface area contributed by atoms with E-state index in [4.69, 9.17) is 9.47 Å². The number of rotatable bonds is 3. The second-order valence-corrected chi connectivity index (χ2v) is 4.84. The van der Waals surface area contributed by atoms with Gasteiger partial charge < -0.3 is 9.47 Å². The third kappa shape index (κ3) is 2.46. The zero-order valence-corrected chi connectivity index (χ0v) is 11.6. The summed E-state index contributed by atoms with van der Waals surface area (Å²) in [6.07, 6.45) is 0. The predicted molar refractivity (Wildman–Crippen MR) is 72.3 cm³/mol. The van der Waals surface area contributed by atoms with Gasteiger partial charge >= 0.3 is 5.97 Å². The number of aryl methyl sites for hydroxylation is 1. The quantitative estimate of drug-likeness (QED) is 0.805. The number of ether oxygens (including phenoxy) is 2. The molecule has 0 aliphatic heterocycles. The van der Waals surface area contributed by atoms with E-state index in [1.807, 2.05) is 12.3 Å². The molecule has 1 aromatic heterocycles. The van der Waals surface area contributed by atoms with Gasteiger partial charge in [-0.2, -0.15) is 0 Å². The Balaban J connectivity index is 2.55. The van der Waals surface area contributed by atoms with Gasteiger partial charge in [0.1, 0.15) is 4.88 Å². The Labute approximate surface area is 114 Å². The lowest BCUT2D eigenvalue weighted by atomic mass is 10.0. The van der Waals surface area contributed by atoms with E-state index in [-0.39, 0.29) is 5.75 Å². The van der Waals surface area contributed by atoms with Gasteiger partial charge in [0.05, 0.1) is 14.2 Å². The van der Waals surface area contributed by atoms with Crippen LogP contribution < -0.4 is 4.74 Å². The van der Waals surface area contributed by atoms with Gasteiger partial charge in [0, 0.05) is 5.56 Å². The molecule has 2 rings (SSSR count). The van der Waals surface area contributed by atoms with Crippen LogP contribution in [0, 0.1) is 12.7 Å². The molecular weight excluding hydrogens is 267 g/mol. The first-order valence-electron chi connectivity index (χ1n) is 5.58. The van der Waals surface area contributed by atoms with Gasteiger partial charge in [-0.25, -0.2) is 9.18 Å². The van der Waals surface area contributed by atoms with Crippen LogP contribution in [0.15, 0.2) is 23.6 Å². The molecule has 3 nitrogen and oxygen atoms in total. The number of hydrogen-bond acceptors (Lipinski definition) is 4. The molecule has 0 aliphatic carbocycles. The number of carbonyl (C=O) groups excluding carboxylic acids is 1. The van der Waals surface area contributed by atoms with Crippen molar-refractivity contribution in [2.45, 2.75) is 6.92 Å². The minimum atomic E-state index is -0.457. The average Bonchev–Trinajstić information content (AvgIpc) is 2.79. The summed E-state index contributed by atoms with van der Waals surface area (Å²) in [6.45, 7) is 1.88. The molecule has 0 atom stereocenters. The highest BCUT2D eigenvalue weighted by Crippen LogP contribution is 2.34. The van der Waals surface area contributed by atoms with Crippen molar-refractivity contribution in [3.8, 4) is 16.9 Å². The van der Waals surface area contributed by atoms with Gasteiger partial charge in [0.2, 0.25) is 0 Å². The summed E-state index contributed by atoms with van der Waals surface area (Å²) in [5.74, 6) is -0.693. The van der Waals surface area contributed by atoms with Crippen molar-refractivity contribution in [3.05, 3.63) is 39.8 Å². The van der Waals surface area contributed by atoms with Gasteiger partial charge in [-0.1, -0.05) is 6.07 Å². The molecule has 0 saturated heterocycles. The zero-order valence-electron chi connectivity index (χ0n) is 10.8. The first kappa shape index (κ1) is 13.5. The first-order chi connectivity index (χ1) is 9.08. The second-order valence-electron chi connectivity index (χ2n) is 3.96. The molecule has 0 spiro atoms. The Bertz CT molecular complexity index is 619. The molecular formula is C14H13FO3S. The minimum Gasteiger partial charge on any atom is -0.494 e. The van der Waals surface area contributed by atoms with Crippen LogP contribution in [0.5, 0.6) is 5.75 Å². The SMILES string of the molecule is COC(=O)c1scc(C)c1-c1ccc(OC)c(F)c1. The zero-order chi connectivity index (χ0) is 14.0. The van der Waals surface area contributed by atoms with Crippen LogP contribution in [-0.4, -0.2) is 20.2 Å². The molecule has 0 fully saturated rings. The van der Waals surface area contributed by atoms with Crippen molar-refractivity contribution in [3.63, 3.8) is 0 Å². The fourth-order valence-corrected chi connectivity index (χ4v) is 2.86. The van der Waals surface area contributed by atoms with Crippen LogP contribution in [0.3, 0.4) is 0 Å². The highest BCUT2D eigenvalue weighted by molar-refractivity contribution is 7.12. The maximum atomic E-state index is 13.8. The monoisotopic (exact) mass is 280 g/mol. The summed E-state index contributed by atoms with van der Waals surface area (Å²) >= 11 is 1.29. The van der Waals surface area contributed by atoms with E-state index in [1.165, 1.54) is 31.6 Å². The Kier molecular flexibility index (Phi) is 3.85. The lowest BCUT2D eigenvalue weighted by Gasteiger charge is -2.07. The largest absolute Gasteiger partial charge is 0.494 e. The van der Waals surface area contributed by atoms with E-state index in [9.17, 15) is 9.18 Å². The van der Waals surface area contributed by atoms with E-state index in [0.29, 0.717) is 16.0 Å². The van der Waals surface area contributed by atoms with Crippen LogP contribution in [0.1, 0.15) is 15.2 Å². The summed E-state index contributed by atoms with van der Waals surface area (Å²) in [7, 11) is 2.74. The lowest BCUT2D eigenvalue weighted by molar-refractivity contribution is 0.0607. The first-order valence-corrected chi connectivity index (χ1v) is 6.46. The van der Waals surface area contributed by atoms with Crippen LogP contribution in [0.2, 0.25) is 0 Å². The number of benzene rings is 1. The van der Waals surface area contributed by atoms with Gasteiger partial charge in [0.25, 0.3) is 0 Å². The van der Waals surface area contributed by atoms with E-state index in [0.717, 1.165) is 5.56 Å². The van der Waals surface area contributed by atoms with E-state index < -0.39 is 11.8 Å². The highest BCUT2D eigenvalue weighted by atomic mass is 32.1. The standard InChI is InChI=1S/C14H13FO3S/c1-8-7-19-13(14(16)18-3)12(8)9-4-5-11(17-2)10(15)6-9/h4-7H,1-3H3. The summed E-state index contributed by atoms with van der Waals surface area (Å²) < 4.78 is 23.4. The molecule has 2 aromatic rings. The van der Waals surface area contributed by atoms with Crippen LogP contribution in [0.25, 0.3) is 11.1 Å². The molecule has 0 amide bonds. The Hall–Kier alpha value is -1.88. The maximum absolute atomic E-state index is 13.8. The Morgan fingerprint density at radius 1 is 1.32 bits per heavy atom. The van der Waals surface area contributed by atoms with E-state index >= 15 is 0 Å². The third-order valence-corrected chi connectivity index (χ3v) is 3.86. The second kappa shape index (κ2) is 5.40. The van der Waals surface area contributed by atoms with Crippen LogP contribution in [0.4, 0.5) is 4.39 Å². The molecule has 0 unspecified atom stereocenters. The number of thiophene rings is 1. The predicted octanol–water partition coefficient (Wildman–Crippen LogP) is 3.66. The van der Waals surface area contributed by atoms with Crippen LogP contribution >= 0.6 is 11.3 Å². The third-order valence-electron chi connectivity index (χ3n) is 2.79. The molecule has 5 heteroatoms. The molecule has 0 saturated carbocycles. The molecule has 0 aliphatic rings. The molecule has 19 heavy (non-hydrogen) atoms. The summed E-state index contributed by atoms with van der Waals surface area (Å²) in [5, 5.41) is 1.85. The van der Waals surface area contributed by atoms with Crippen molar-refractivity contribution in [2.24, 2.45) is 0 Å². The maximum Gasteiger partial charge on any atom is 0.348 e. The fraction of sp³-hybridized carbons (Fsp3) is 0.214. The molecule has 0 N–H and O–H groups in total. The summed E-state index contributed by atoms with van der Waals surface area (Å²) in [5.41, 5.74) is 2.26. The fourth-order valence-electron chi connectivity index (χ4n) is 1.87. The lowest BCUT2D eigenvalue weighted by Crippen LogP contribution is -2.00. The molecule has 0 radical (unpaired) electrons. The van der Waals surface area contributed by atoms with E-state index in [1.54, 1.807) is 12.1 Å². The molecule has 0 bridgehead atoms. The van der Waals surface area contributed by atoms with Gasteiger partial charge in [-0.15, -0.1) is 11.3 Å². The van der Waals surface area contributed by atoms with Crippen molar-refractivity contribution < 1.29 is 18.7 Å². The normalized spacial score (nSPS) is 10.3. The summed E-state index contributed by atoms with van der Waals surface area (Å²) in [4.78, 5) is 12.2.